The lowest BCUT2D eigenvalue weighted by molar-refractivity contribution is 0.0698. The second kappa shape index (κ2) is 6.26. The van der Waals surface area contributed by atoms with Crippen LogP contribution in [0.1, 0.15) is 23.7 Å². The van der Waals surface area contributed by atoms with Gasteiger partial charge in [-0.25, -0.2) is 9.59 Å². The molecule has 98 valence electrons. The first-order valence-corrected chi connectivity index (χ1v) is 5.88. The van der Waals surface area contributed by atoms with E-state index in [-0.39, 0.29) is 17.3 Å². The number of benzene rings is 1. The molecule has 2 amide bonds. The van der Waals surface area contributed by atoms with E-state index in [1.807, 2.05) is 6.92 Å². The van der Waals surface area contributed by atoms with Gasteiger partial charge in [-0.2, -0.15) is 0 Å². The van der Waals surface area contributed by atoms with E-state index < -0.39 is 5.97 Å². The molecular weight excluding hydrogens is 256 g/mol. The average Bonchev–Trinajstić information content (AvgIpc) is 2.28. The van der Waals surface area contributed by atoms with E-state index in [4.69, 9.17) is 16.7 Å². The molecule has 0 aromatic heterocycles. The van der Waals surface area contributed by atoms with Crippen LogP contribution in [0.4, 0.5) is 10.5 Å². The van der Waals surface area contributed by atoms with E-state index in [0.717, 1.165) is 6.42 Å². The van der Waals surface area contributed by atoms with Gasteiger partial charge in [0.25, 0.3) is 0 Å². The molecule has 2 N–H and O–H groups in total. The fourth-order valence-electron chi connectivity index (χ4n) is 1.45. The molecule has 5 nitrogen and oxygen atoms in total. The number of rotatable bonds is 4. The first-order chi connectivity index (χ1) is 8.45. The number of anilines is 1. The lowest BCUT2D eigenvalue weighted by atomic mass is 10.2. The van der Waals surface area contributed by atoms with Gasteiger partial charge in [0, 0.05) is 18.6 Å². The van der Waals surface area contributed by atoms with Crippen molar-refractivity contribution in [1.29, 1.82) is 0 Å². The molecule has 0 spiro atoms. The number of carboxylic acids is 1. The Balaban J connectivity index is 2.92. The van der Waals surface area contributed by atoms with Gasteiger partial charge in [0.1, 0.15) is 0 Å². The third-order valence-corrected chi connectivity index (χ3v) is 2.59. The quantitative estimate of drug-likeness (QED) is 0.884. The summed E-state index contributed by atoms with van der Waals surface area (Å²) in [6.45, 7) is 2.54. The molecule has 0 unspecified atom stereocenters. The number of nitrogens with one attached hydrogen (secondary N) is 1. The van der Waals surface area contributed by atoms with Gasteiger partial charge in [0.2, 0.25) is 0 Å². The average molecular weight is 271 g/mol. The number of hydrogen-bond donors (Lipinski definition) is 2. The normalized spacial score (nSPS) is 9.94. The predicted octanol–water partition coefficient (Wildman–Crippen LogP) is 2.91. The molecule has 18 heavy (non-hydrogen) atoms. The van der Waals surface area contributed by atoms with Crippen molar-refractivity contribution in [3.05, 3.63) is 28.8 Å². The van der Waals surface area contributed by atoms with Crippen molar-refractivity contribution >= 4 is 29.3 Å². The Morgan fingerprint density at radius 1 is 1.44 bits per heavy atom. The zero-order valence-corrected chi connectivity index (χ0v) is 11.0. The first kappa shape index (κ1) is 14.3. The molecule has 0 aliphatic heterocycles. The van der Waals surface area contributed by atoms with E-state index in [1.165, 1.54) is 23.1 Å². The van der Waals surface area contributed by atoms with Crippen LogP contribution in [0.3, 0.4) is 0 Å². The number of halogens is 1. The zero-order valence-electron chi connectivity index (χ0n) is 10.2. The standard InChI is InChI=1S/C12H15ClN2O3/c1-3-6-15(2)12(18)14-10-7-8(13)4-5-9(10)11(16)17/h4-5,7H,3,6H2,1-2H3,(H,14,18)(H,16,17). The maximum Gasteiger partial charge on any atom is 0.337 e. The summed E-state index contributed by atoms with van der Waals surface area (Å²) in [6.07, 6.45) is 0.825. The van der Waals surface area contributed by atoms with Crippen molar-refractivity contribution in [1.82, 2.24) is 4.90 Å². The summed E-state index contributed by atoms with van der Waals surface area (Å²) in [5.41, 5.74) is 0.209. The maximum atomic E-state index is 11.8. The minimum absolute atomic E-state index is 0.0117. The summed E-state index contributed by atoms with van der Waals surface area (Å²) in [4.78, 5) is 24.2. The van der Waals surface area contributed by atoms with E-state index in [9.17, 15) is 9.59 Å². The summed E-state index contributed by atoms with van der Waals surface area (Å²) < 4.78 is 0. The molecule has 0 atom stereocenters. The van der Waals surface area contributed by atoms with Gasteiger partial charge in [-0.3, -0.25) is 0 Å². The molecule has 0 fully saturated rings. The Morgan fingerprint density at radius 3 is 2.67 bits per heavy atom. The molecular formula is C12H15ClN2O3. The molecule has 1 aromatic carbocycles. The molecule has 6 heteroatoms. The highest BCUT2D eigenvalue weighted by Gasteiger charge is 2.14. The van der Waals surface area contributed by atoms with Gasteiger partial charge in [0.05, 0.1) is 11.3 Å². The smallest absolute Gasteiger partial charge is 0.337 e. The SMILES string of the molecule is CCCN(C)C(=O)Nc1cc(Cl)ccc1C(=O)O. The van der Waals surface area contributed by atoms with E-state index in [2.05, 4.69) is 5.32 Å². The maximum absolute atomic E-state index is 11.8. The first-order valence-electron chi connectivity index (χ1n) is 5.50. The van der Waals surface area contributed by atoms with E-state index in [0.29, 0.717) is 11.6 Å². The van der Waals surface area contributed by atoms with Gasteiger partial charge >= 0.3 is 12.0 Å². The summed E-state index contributed by atoms with van der Waals surface area (Å²) in [5.74, 6) is -1.11. The number of carboxylic acid groups (broad SMARTS) is 1. The van der Waals surface area contributed by atoms with Crippen molar-refractivity contribution in [3.63, 3.8) is 0 Å². The number of aromatic carboxylic acids is 1. The molecule has 0 heterocycles. The van der Waals surface area contributed by atoms with Gasteiger partial charge in [-0.05, 0) is 24.6 Å². The summed E-state index contributed by atoms with van der Waals surface area (Å²) in [5, 5.41) is 11.9. The van der Waals surface area contributed by atoms with Crippen LogP contribution in [0.25, 0.3) is 0 Å². The van der Waals surface area contributed by atoms with E-state index >= 15 is 0 Å². The topological polar surface area (TPSA) is 69.6 Å². The molecule has 0 bridgehead atoms. The minimum Gasteiger partial charge on any atom is -0.478 e. The lowest BCUT2D eigenvalue weighted by Gasteiger charge is -2.17. The number of nitrogens with zero attached hydrogens (tertiary/aromatic N) is 1. The summed E-state index contributed by atoms with van der Waals surface area (Å²) in [7, 11) is 1.64. The molecule has 0 radical (unpaired) electrons. The predicted molar refractivity (Wildman–Crippen MR) is 70.4 cm³/mol. The van der Waals surface area contributed by atoms with Crippen LogP contribution in [0, 0.1) is 0 Å². The van der Waals surface area contributed by atoms with Gasteiger partial charge in [-0.1, -0.05) is 18.5 Å². The van der Waals surface area contributed by atoms with Crippen molar-refractivity contribution in [2.45, 2.75) is 13.3 Å². The van der Waals surface area contributed by atoms with Crippen LogP contribution in [-0.4, -0.2) is 35.6 Å². The highest BCUT2D eigenvalue weighted by Crippen LogP contribution is 2.21. The van der Waals surface area contributed by atoms with Crippen LogP contribution in [-0.2, 0) is 0 Å². The van der Waals surface area contributed by atoms with Crippen molar-refractivity contribution in [2.75, 3.05) is 18.9 Å². The zero-order chi connectivity index (χ0) is 13.7. The number of amides is 2. The highest BCUT2D eigenvalue weighted by molar-refractivity contribution is 6.31. The van der Waals surface area contributed by atoms with Crippen LogP contribution in [0.2, 0.25) is 5.02 Å². The second-order valence-corrected chi connectivity index (χ2v) is 4.28. The lowest BCUT2D eigenvalue weighted by Crippen LogP contribution is -2.32. The Morgan fingerprint density at radius 2 is 2.11 bits per heavy atom. The van der Waals surface area contributed by atoms with E-state index in [1.54, 1.807) is 7.05 Å². The minimum atomic E-state index is -1.11. The third-order valence-electron chi connectivity index (χ3n) is 2.36. The monoisotopic (exact) mass is 270 g/mol. The second-order valence-electron chi connectivity index (χ2n) is 3.85. The van der Waals surface area contributed by atoms with Crippen molar-refractivity contribution in [2.24, 2.45) is 0 Å². The molecule has 0 aliphatic carbocycles. The number of hydrogen-bond acceptors (Lipinski definition) is 2. The Hall–Kier alpha value is -1.75. The number of carbonyl (C=O) groups is 2. The molecule has 0 saturated carbocycles. The molecule has 1 aromatic rings. The molecule has 0 saturated heterocycles. The van der Waals surface area contributed by atoms with Crippen molar-refractivity contribution in [3.8, 4) is 0 Å². The van der Waals surface area contributed by atoms with Gasteiger partial charge in [0.15, 0.2) is 0 Å². The summed E-state index contributed by atoms with van der Waals surface area (Å²) >= 11 is 5.79. The Kier molecular flexibility index (Phi) is 4.97. The van der Waals surface area contributed by atoms with Crippen molar-refractivity contribution < 1.29 is 14.7 Å². The fourth-order valence-corrected chi connectivity index (χ4v) is 1.63. The highest BCUT2D eigenvalue weighted by atomic mass is 35.5. The van der Waals surface area contributed by atoms with Crippen LogP contribution in [0.15, 0.2) is 18.2 Å². The van der Waals surface area contributed by atoms with Crippen LogP contribution < -0.4 is 5.32 Å². The van der Waals surface area contributed by atoms with Gasteiger partial charge < -0.3 is 15.3 Å². The van der Waals surface area contributed by atoms with Gasteiger partial charge in [-0.15, -0.1) is 0 Å². The molecule has 1 rings (SSSR count). The summed E-state index contributed by atoms with van der Waals surface area (Å²) in [6, 6.07) is 3.89. The third kappa shape index (κ3) is 3.63. The van der Waals surface area contributed by atoms with Crippen LogP contribution >= 0.6 is 11.6 Å². The fraction of sp³-hybridized carbons (Fsp3) is 0.333. The van der Waals surface area contributed by atoms with Crippen LogP contribution in [0.5, 0.6) is 0 Å². The number of carbonyl (C=O) groups excluding carboxylic acids is 1. The number of urea groups is 1. The molecule has 0 aliphatic rings. The largest absolute Gasteiger partial charge is 0.478 e. The Labute approximate surface area is 110 Å². The Bertz CT molecular complexity index is 463.